The first kappa shape index (κ1) is 15.7. The van der Waals surface area contributed by atoms with Crippen molar-refractivity contribution >= 4 is 5.97 Å². The van der Waals surface area contributed by atoms with Crippen molar-refractivity contribution in [2.45, 2.75) is 31.6 Å². The van der Waals surface area contributed by atoms with Crippen LogP contribution in [0, 0.1) is 11.8 Å². The number of carbonyl (C=O) groups is 1. The summed E-state index contributed by atoms with van der Waals surface area (Å²) < 4.78 is 1.88. The van der Waals surface area contributed by atoms with E-state index in [2.05, 4.69) is 11.9 Å². The molecule has 1 saturated carbocycles. The van der Waals surface area contributed by atoms with Gasteiger partial charge in [0.25, 0.3) is 0 Å². The Labute approximate surface area is 136 Å². The minimum Gasteiger partial charge on any atom is -0.481 e. The van der Waals surface area contributed by atoms with Crippen LogP contribution in [-0.2, 0) is 10.2 Å². The Morgan fingerprint density at radius 3 is 2.83 bits per heavy atom. The van der Waals surface area contributed by atoms with Crippen LogP contribution in [0.5, 0.6) is 0 Å². The Hall–Kier alpha value is -2.14. The van der Waals surface area contributed by atoms with Crippen molar-refractivity contribution in [3.63, 3.8) is 0 Å². The Balaban J connectivity index is 1.84. The molecular formula is C18H23N3O2. The van der Waals surface area contributed by atoms with Crippen LogP contribution in [0.3, 0.4) is 0 Å². The molecule has 1 aromatic carbocycles. The van der Waals surface area contributed by atoms with E-state index in [4.69, 9.17) is 5.73 Å². The molecule has 1 aliphatic carbocycles. The number of nitrogens with zero attached hydrogens (tertiary/aromatic N) is 2. The van der Waals surface area contributed by atoms with E-state index < -0.39 is 11.4 Å². The molecule has 122 valence electrons. The molecule has 23 heavy (non-hydrogen) atoms. The largest absolute Gasteiger partial charge is 0.481 e. The average Bonchev–Trinajstić information content (AvgIpc) is 3.09. The van der Waals surface area contributed by atoms with Gasteiger partial charge >= 0.3 is 5.97 Å². The van der Waals surface area contributed by atoms with Gasteiger partial charge in [0.15, 0.2) is 0 Å². The zero-order valence-electron chi connectivity index (χ0n) is 13.4. The smallest absolute Gasteiger partial charge is 0.316 e. The fourth-order valence-electron chi connectivity index (χ4n) is 3.43. The fraction of sp³-hybridized carbons (Fsp3) is 0.444. The van der Waals surface area contributed by atoms with Gasteiger partial charge in [-0.15, -0.1) is 0 Å². The molecule has 0 unspecified atom stereocenters. The van der Waals surface area contributed by atoms with E-state index in [0.29, 0.717) is 24.6 Å². The Bertz CT molecular complexity index is 679. The lowest BCUT2D eigenvalue weighted by atomic mass is 9.92. The van der Waals surface area contributed by atoms with Crippen LogP contribution in [0.25, 0.3) is 5.69 Å². The van der Waals surface area contributed by atoms with Gasteiger partial charge in [0.05, 0.1) is 12.0 Å². The van der Waals surface area contributed by atoms with Crippen LogP contribution in [0.15, 0.2) is 42.9 Å². The van der Waals surface area contributed by atoms with E-state index in [1.165, 1.54) is 0 Å². The summed E-state index contributed by atoms with van der Waals surface area (Å²) in [5.41, 5.74) is 6.59. The number of rotatable bonds is 7. The molecule has 1 aliphatic rings. The molecule has 1 heterocycles. The quantitative estimate of drug-likeness (QED) is 0.823. The number of imidazole rings is 1. The summed E-state index contributed by atoms with van der Waals surface area (Å²) in [4.78, 5) is 16.3. The highest BCUT2D eigenvalue weighted by atomic mass is 16.4. The number of benzene rings is 1. The predicted molar refractivity (Wildman–Crippen MR) is 88.4 cm³/mol. The summed E-state index contributed by atoms with van der Waals surface area (Å²) in [6.07, 6.45) is 6.06. The maximum Gasteiger partial charge on any atom is 0.316 e. The van der Waals surface area contributed by atoms with Gasteiger partial charge in [-0.2, -0.15) is 0 Å². The molecular weight excluding hydrogens is 290 g/mol. The van der Waals surface area contributed by atoms with Crippen LogP contribution in [-0.4, -0.2) is 27.2 Å². The van der Waals surface area contributed by atoms with Crippen molar-refractivity contribution in [1.82, 2.24) is 9.55 Å². The number of nitrogens with two attached hydrogens (primary N) is 1. The molecule has 0 saturated heterocycles. The second-order valence-corrected chi connectivity index (χ2v) is 6.42. The minimum absolute atomic E-state index is 0.132. The van der Waals surface area contributed by atoms with Crippen molar-refractivity contribution in [3.05, 3.63) is 48.5 Å². The van der Waals surface area contributed by atoms with E-state index in [1.807, 2.05) is 41.1 Å². The number of carboxylic acid groups (broad SMARTS) is 1. The topological polar surface area (TPSA) is 81.1 Å². The highest BCUT2D eigenvalue weighted by Gasteiger charge is 2.63. The summed E-state index contributed by atoms with van der Waals surface area (Å²) in [6.45, 7) is 2.72. The Morgan fingerprint density at radius 1 is 1.48 bits per heavy atom. The maximum atomic E-state index is 11.9. The SMILES string of the molecule is CC[C@@H](CN)C[C@@H]1C[C@]1(C(=O)O)c1cn(-c2ccccc2)cn1. The molecule has 0 radical (unpaired) electrons. The van der Waals surface area contributed by atoms with Gasteiger partial charge in [-0.05, 0) is 43.4 Å². The monoisotopic (exact) mass is 313 g/mol. The van der Waals surface area contributed by atoms with Crippen LogP contribution in [0.4, 0.5) is 0 Å². The number of hydrogen-bond donors (Lipinski definition) is 2. The van der Waals surface area contributed by atoms with Gasteiger partial charge in [0.1, 0.15) is 5.41 Å². The lowest BCUT2D eigenvalue weighted by molar-refractivity contribution is -0.140. The third-order valence-electron chi connectivity index (χ3n) is 5.11. The van der Waals surface area contributed by atoms with Gasteiger partial charge < -0.3 is 15.4 Å². The van der Waals surface area contributed by atoms with Crippen molar-refractivity contribution in [2.24, 2.45) is 17.6 Å². The van der Waals surface area contributed by atoms with Crippen molar-refractivity contribution in [1.29, 1.82) is 0 Å². The van der Waals surface area contributed by atoms with Crippen molar-refractivity contribution in [3.8, 4) is 5.69 Å². The third-order valence-corrected chi connectivity index (χ3v) is 5.11. The summed E-state index contributed by atoms with van der Waals surface area (Å²) in [5, 5.41) is 9.79. The first-order valence-electron chi connectivity index (χ1n) is 8.15. The van der Waals surface area contributed by atoms with Crippen LogP contribution in [0.1, 0.15) is 31.9 Å². The third kappa shape index (κ3) is 2.77. The van der Waals surface area contributed by atoms with Gasteiger partial charge in [0, 0.05) is 11.9 Å². The zero-order valence-corrected chi connectivity index (χ0v) is 13.4. The molecule has 5 heteroatoms. The maximum absolute atomic E-state index is 11.9. The number of aromatic nitrogens is 2. The van der Waals surface area contributed by atoms with Gasteiger partial charge in [0.2, 0.25) is 0 Å². The number of hydrogen-bond acceptors (Lipinski definition) is 3. The van der Waals surface area contributed by atoms with Crippen molar-refractivity contribution in [2.75, 3.05) is 6.54 Å². The lowest BCUT2D eigenvalue weighted by Crippen LogP contribution is -2.25. The van der Waals surface area contributed by atoms with E-state index >= 15 is 0 Å². The van der Waals surface area contributed by atoms with E-state index in [-0.39, 0.29) is 5.92 Å². The standard InChI is InChI=1S/C18H23N3O2/c1-2-13(10-19)8-14-9-18(14,17(22)23)16-11-21(12-20-16)15-6-4-3-5-7-15/h3-7,11-14H,2,8-10,19H2,1H3,(H,22,23)/t13-,14-,18-/m1/s1. The van der Waals surface area contributed by atoms with Crippen LogP contribution in [0.2, 0.25) is 0 Å². The second-order valence-electron chi connectivity index (χ2n) is 6.42. The van der Waals surface area contributed by atoms with E-state index in [0.717, 1.165) is 18.5 Å². The number of aliphatic carboxylic acids is 1. The molecule has 1 aromatic heterocycles. The van der Waals surface area contributed by atoms with Gasteiger partial charge in [-0.1, -0.05) is 31.5 Å². The average molecular weight is 313 g/mol. The predicted octanol–water partition coefficient (Wildman–Crippen LogP) is 2.59. The molecule has 0 spiro atoms. The van der Waals surface area contributed by atoms with Crippen molar-refractivity contribution < 1.29 is 9.90 Å². The van der Waals surface area contributed by atoms with E-state index in [1.54, 1.807) is 6.33 Å². The van der Waals surface area contributed by atoms with Gasteiger partial charge in [-0.3, -0.25) is 4.79 Å². The molecule has 5 nitrogen and oxygen atoms in total. The summed E-state index contributed by atoms with van der Waals surface area (Å²) in [7, 11) is 0. The Kier molecular flexibility index (Phi) is 4.22. The highest BCUT2D eigenvalue weighted by Crippen LogP contribution is 2.57. The molecule has 1 fully saturated rings. The Morgan fingerprint density at radius 2 is 2.22 bits per heavy atom. The first-order valence-corrected chi connectivity index (χ1v) is 8.15. The minimum atomic E-state index is -0.831. The molecule has 2 aromatic rings. The van der Waals surface area contributed by atoms with E-state index in [9.17, 15) is 9.90 Å². The number of carboxylic acids is 1. The van der Waals surface area contributed by atoms with Crippen LogP contribution >= 0.6 is 0 Å². The molecule has 0 bridgehead atoms. The summed E-state index contributed by atoms with van der Waals surface area (Å²) >= 11 is 0. The fourth-order valence-corrected chi connectivity index (χ4v) is 3.43. The number of para-hydroxylation sites is 1. The normalized spacial score (nSPS) is 24.3. The molecule has 3 atom stereocenters. The second kappa shape index (κ2) is 6.16. The van der Waals surface area contributed by atoms with Crippen LogP contribution < -0.4 is 5.73 Å². The molecule has 3 N–H and O–H groups in total. The highest BCUT2D eigenvalue weighted by molar-refractivity contribution is 5.85. The molecule has 0 amide bonds. The summed E-state index contributed by atoms with van der Waals surface area (Å²) in [5.74, 6) is -0.252. The molecule has 3 rings (SSSR count). The summed E-state index contributed by atoms with van der Waals surface area (Å²) in [6, 6.07) is 9.81. The first-order chi connectivity index (χ1) is 11.1. The zero-order chi connectivity index (χ0) is 16.4. The lowest BCUT2D eigenvalue weighted by Gasteiger charge is -2.14. The molecule has 0 aliphatic heterocycles. The van der Waals surface area contributed by atoms with Gasteiger partial charge in [-0.25, -0.2) is 4.98 Å².